The van der Waals surface area contributed by atoms with Crippen molar-refractivity contribution in [1.29, 1.82) is 0 Å². The summed E-state index contributed by atoms with van der Waals surface area (Å²) in [5.41, 5.74) is 0. The summed E-state index contributed by atoms with van der Waals surface area (Å²) in [7, 11) is 0. The minimum absolute atomic E-state index is 1.10. The Kier molecular flexibility index (Phi) is 10.1. The Bertz CT molecular complexity index is 182. The van der Waals surface area contributed by atoms with Crippen molar-refractivity contribution >= 4 is 0 Å². The molecule has 0 bridgehead atoms. The van der Waals surface area contributed by atoms with Gasteiger partial charge in [-0.25, -0.2) is 0 Å². The van der Waals surface area contributed by atoms with Crippen LogP contribution in [0.3, 0.4) is 0 Å². The third kappa shape index (κ3) is 11.0. The van der Waals surface area contributed by atoms with E-state index in [1.54, 1.807) is 0 Å². The molecule has 0 heteroatoms. The smallest absolute Gasteiger partial charge is 0.0345 e. The highest BCUT2D eigenvalue weighted by molar-refractivity contribution is 5.10. The fourth-order valence-electron chi connectivity index (χ4n) is 0.898. The van der Waals surface area contributed by atoms with Crippen LogP contribution in [0.2, 0.25) is 0 Å². The van der Waals surface area contributed by atoms with Crippen LogP contribution >= 0.6 is 0 Å². The molecule has 0 unspecified atom stereocenters. The molecule has 0 aliphatic heterocycles. The van der Waals surface area contributed by atoms with Gasteiger partial charge in [-0.2, -0.15) is 0 Å². The van der Waals surface area contributed by atoms with Gasteiger partial charge in [-0.15, -0.1) is 6.58 Å². The predicted molar refractivity (Wildman–Crippen MR) is 61.8 cm³/mol. The first-order chi connectivity index (χ1) is 6.41. The van der Waals surface area contributed by atoms with Gasteiger partial charge < -0.3 is 0 Å². The Balaban J connectivity index is 3.34. The summed E-state index contributed by atoms with van der Waals surface area (Å²) in [6.45, 7) is 5.82. The summed E-state index contributed by atoms with van der Waals surface area (Å²) in [6, 6.07) is 0. The Morgan fingerprint density at radius 2 is 1.62 bits per heavy atom. The molecule has 0 spiro atoms. The van der Waals surface area contributed by atoms with Crippen LogP contribution in [-0.4, -0.2) is 0 Å². The third-order valence-corrected chi connectivity index (χ3v) is 1.62. The van der Waals surface area contributed by atoms with E-state index >= 15 is 0 Å². The van der Waals surface area contributed by atoms with Crippen molar-refractivity contribution in [1.82, 2.24) is 0 Å². The van der Waals surface area contributed by atoms with E-state index in [0.29, 0.717) is 0 Å². The maximum absolute atomic E-state index is 3.68. The summed E-state index contributed by atoms with van der Waals surface area (Å²) >= 11 is 0. The first-order valence-electron chi connectivity index (χ1n) is 5.01. The van der Waals surface area contributed by atoms with Gasteiger partial charge in [-0.1, -0.05) is 49.5 Å². The summed E-state index contributed by atoms with van der Waals surface area (Å²) in [5.74, 6) is 0. The lowest BCUT2D eigenvalue weighted by atomic mass is 10.2. The minimum atomic E-state index is 1.10. The molecule has 13 heavy (non-hydrogen) atoms. The molecular weight excluding hydrogens is 156 g/mol. The van der Waals surface area contributed by atoms with Crippen molar-refractivity contribution in [3.8, 4) is 0 Å². The first-order valence-corrected chi connectivity index (χ1v) is 5.01. The lowest BCUT2D eigenvalue weighted by Crippen LogP contribution is -1.66. The summed E-state index contributed by atoms with van der Waals surface area (Å²) < 4.78 is 0. The molecule has 72 valence electrons. The highest BCUT2D eigenvalue weighted by atomic mass is 13.8. The van der Waals surface area contributed by atoms with Crippen molar-refractivity contribution in [2.45, 2.75) is 32.6 Å². The van der Waals surface area contributed by atoms with Crippen molar-refractivity contribution in [2.24, 2.45) is 0 Å². The van der Waals surface area contributed by atoms with Gasteiger partial charge >= 0.3 is 0 Å². The lowest BCUT2D eigenvalue weighted by molar-refractivity contribution is 0.870. The number of hydrogen-bond donors (Lipinski definition) is 0. The zero-order chi connectivity index (χ0) is 9.78. The number of rotatable bonds is 7. The monoisotopic (exact) mass is 176 g/mol. The average Bonchev–Trinajstić information content (AvgIpc) is 2.16. The molecule has 0 fully saturated rings. The Morgan fingerprint density at radius 3 is 2.23 bits per heavy atom. The van der Waals surface area contributed by atoms with Crippen LogP contribution in [0.1, 0.15) is 32.6 Å². The van der Waals surface area contributed by atoms with E-state index in [0.717, 1.165) is 19.3 Å². The zero-order valence-corrected chi connectivity index (χ0v) is 8.58. The van der Waals surface area contributed by atoms with Gasteiger partial charge in [0.1, 0.15) is 0 Å². The predicted octanol–water partition coefficient (Wildman–Crippen LogP) is 4.42. The number of unbranched alkanes of at least 4 members (excludes halogenated alkanes) is 2. The van der Waals surface area contributed by atoms with E-state index in [9.17, 15) is 0 Å². The highest BCUT2D eigenvalue weighted by Crippen LogP contribution is 1.96. The van der Waals surface area contributed by atoms with E-state index in [1.807, 2.05) is 6.08 Å². The molecule has 0 atom stereocenters. The van der Waals surface area contributed by atoms with Gasteiger partial charge in [0.2, 0.25) is 0 Å². The second-order valence-corrected chi connectivity index (χ2v) is 2.87. The van der Waals surface area contributed by atoms with Crippen LogP contribution < -0.4 is 0 Å². The standard InChI is InChI=1S/C13H20/c1-3-5-7-9-11-13-12-10-8-6-4-2/h3,6,8,10-13H,1,4-5,7,9H2,2H3/b8-6+,12-10+,13-11+. The minimum Gasteiger partial charge on any atom is -0.103 e. The van der Waals surface area contributed by atoms with Gasteiger partial charge in [-0.3, -0.25) is 0 Å². The molecule has 0 aromatic rings. The van der Waals surface area contributed by atoms with E-state index in [-0.39, 0.29) is 0 Å². The molecule has 0 radical (unpaired) electrons. The van der Waals surface area contributed by atoms with Crippen molar-refractivity contribution in [3.63, 3.8) is 0 Å². The van der Waals surface area contributed by atoms with E-state index in [2.05, 4.69) is 50.0 Å². The largest absolute Gasteiger partial charge is 0.103 e. The van der Waals surface area contributed by atoms with Crippen LogP contribution in [0, 0.1) is 0 Å². The summed E-state index contributed by atoms with van der Waals surface area (Å²) in [6.07, 6.45) is 19.2. The molecular formula is C13H20. The Labute approximate surface area is 82.4 Å². The molecule has 0 N–H and O–H groups in total. The molecule has 0 heterocycles. The average molecular weight is 176 g/mol. The van der Waals surface area contributed by atoms with E-state index in [1.165, 1.54) is 6.42 Å². The third-order valence-electron chi connectivity index (χ3n) is 1.62. The van der Waals surface area contributed by atoms with Gasteiger partial charge in [0, 0.05) is 0 Å². The summed E-state index contributed by atoms with van der Waals surface area (Å²) in [5, 5.41) is 0. The molecule has 0 aliphatic carbocycles. The van der Waals surface area contributed by atoms with Gasteiger partial charge in [0.25, 0.3) is 0 Å². The molecule has 0 rings (SSSR count). The highest BCUT2D eigenvalue weighted by Gasteiger charge is 1.76. The fourth-order valence-corrected chi connectivity index (χ4v) is 0.898. The SMILES string of the molecule is C=CCCC/C=C/C=C/C=C/CC. The molecule has 0 aromatic heterocycles. The van der Waals surface area contributed by atoms with Crippen molar-refractivity contribution in [2.75, 3.05) is 0 Å². The molecule has 0 aliphatic rings. The van der Waals surface area contributed by atoms with Gasteiger partial charge in [0.15, 0.2) is 0 Å². The lowest BCUT2D eigenvalue weighted by Gasteiger charge is -1.86. The van der Waals surface area contributed by atoms with Crippen LogP contribution in [0.25, 0.3) is 0 Å². The summed E-state index contributed by atoms with van der Waals surface area (Å²) in [4.78, 5) is 0. The second-order valence-electron chi connectivity index (χ2n) is 2.87. The number of hydrogen-bond acceptors (Lipinski definition) is 0. The normalized spacial score (nSPS) is 12.1. The molecule has 0 saturated carbocycles. The van der Waals surface area contributed by atoms with E-state index in [4.69, 9.17) is 0 Å². The maximum atomic E-state index is 3.68. The zero-order valence-electron chi connectivity index (χ0n) is 8.58. The van der Waals surface area contributed by atoms with Crippen molar-refractivity contribution < 1.29 is 0 Å². The fraction of sp³-hybridized carbons (Fsp3) is 0.385. The van der Waals surface area contributed by atoms with E-state index < -0.39 is 0 Å². The molecule has 0 amide bonds. The first kappa shape index (κ1) is 12.0. The van der Waals surface area contributed by atoms with Crippen LogP contribution in [0.5, 0.6) is 0 Å². The Morgan fingerprint density at radius 1 is 0.923 bits per heavy atom. The quantitative estimate of drug-likeness (QED) is 0.306. The van der Waals surface area contributed by atoms with Crippen LogP contribution in [-0.2, 0) is 0 Å². The second kappa shape index (κ2) is 11.0. The van der Waals surface area contributed by atoms with Crippen LogP contribution in [0.4, 0.5) is 0 Å². The van der Waals surface area contributed by atoms with Gasteiger partial charge in [-0.05, 0) is 25.7 Å². The molecule has 0 saturated heterocycles. The molecule has 0 aromatic carbocycles. The Hall–Kier alpha value is -1.04. The number of allylic oxidation sites excluding steroid dienone is 7. The molecule has 0 nitrogen and oxygen atoms in total. The topological polar surface area (TPSA) is 0 Å². The maximum Gasteiger partial charge on any atom is -0.0345 e. The van der Waals surface area contributed by atoms with Gasteiger partial charge in [0.05, 0.1) is 0 Å². The van der Waals surface area contributed by atoms with Crippen LogP contribution in [0.15, 0.2) is 49.1 Å². The van der Waals surface area contributed by atoms with Crippen molar-refractivity contribution in [3.05, 3.63) is 49.1 Å².